The molecule has 1 aliphatic carbocycles. The van der Waals surface area contributed by atoms with Crippen molar-refractivity contribution in [1.82, 2.24) is 4.98 Å². The monoisotopic (exact) mass is 395 g/mol. The zero-order valence-corrected chi connectivity index (χ0v) is 15.7. The fraction of sp³-hybridized carbons (Fsp3) is 0.400. The molecule has 1 aromatic heterocycles. The summed E-state index contributed by atoms with van der Waals surface area (Å²) in [6.45, 7) is 1.82. The zero-order valence-electron chi connectivity index (χ0n) is 15.0. The molecule has 1 aliphatic rings. The van der Waals surface area contributed by atoms with Gasteiger partial charge < -0.3 is 0 Å². The van der Waals surface area contributed by atoms with E-state index in [-0.39, 0.29) is 10.8 Å². The molecule has 0 unspecified atom stereocenters. The lowest BCUT2D eigenvalue weighted by Crippen LogP contribution is -2.07. The second-order valence-corrected chi connectivity index (χ2v) is 7.23. The standard InChI is InChI=1S/C20H21ClF3N3/c1-13(14-7-9-16(10-8-14)15-5-3-2-4-6-15)26-27-19-18(21)11-17(12-25-19)20(22,23)24/h7-12,15H,2-6H2,1H3,(H,25,27)/b26-13-. The minimum atomic E-state index is -4.48. The molecule has 1 N–H and O–H groups in total. The van der Waals surface area contributed by atoms with E-state index < -0.39 is 11.7 Å². The van der Waals surface area contributed by atoms with Crippen molar-refractivity contribution in [3.05, 3.63) is 58.2 Å². The van der Waals surface area contributed by atoms with Crippen LogP contribution >= 0.6 is 11.6 Å². The average Bonchev–Trinajstić information content (AvgIpc) is 2.67. The molecule has 0 amide bonds. The number of hydrogen-bond donors (Lipinski definition) is 1. The first kappa shape index (κ1) is 19.7. The number of aromatic nitrogens is 1. The maximum Gasteiger partial charge on any atom is 0.417 e. The Kier molecular flexibility index (Phi) is 6.05. The van der Waals surface area contributed by atoms with Crippen LogP contribution in [0.5, 0.6) is 0 Å². The molecule has 0 saturated heterocycles. The van der Waals surface area contributed by atoms with E-state index in [0.29, 0.717) is 11.6 Å². The van der Waals surface area contributed by atoms with Gasteiger partial charge in [-0.05, 0) is 42.9 Å². The maximum absolute atomic E-state index is 12.7. The number of benzene rings is 1. The van der Waals surface area contributed by atoms with E-state index >= 15 is 0 Å². The number of nitrogens with zero attached hydrogens (tertiary/aromatic N) is 2. The summed E-state index contributed by atoms with van der Waals surface area (Å²) in [6.07, 6.45) is 2.65. The molecule has 2 aromatic rings. The number of pyridine rings is 1. The Labute approximate surface area is 161 Å². The number of hydrogen-bond acceptors (Lipinski definition) is 3. The minimum absolute atomic E-state index is 0.0860. The van der Waals surface area contributed by atoms with Crippen LogP contribution in [0, 0.1) is 0 Å². The van der Waals surface area contributed by atoms with Gasteiger partial charge in [-0.15, -0.1) is 0 Å². The molecule has 27 heavy (non-hydrogen) atoms. The van der Waals surface area contributed by atoms with Crippen LogP contribution < -0.4 is 5.43 Å². The Morgan fingerprint density at radius 1 is 1.15 bits per heavy atom. The fourth-order valence-electron chi connectivity index (χ4n) is 3.31. The van der Waals surface area contributed by atoms with Crippen molar-refractivity contribution < 1.29 is 13.2 Å². The molecule has 1 fully saturated rings. The zero-order chi connectivity index (χ0) is 19.4. The molecular weight excluding hydrogens is 375 g/mol. The summed E-state index contributed by atoms with van der Waals surface area (Å²) in [4.78, 5) is 3.72. The smallest absolute Gasteiger partial charge is 0.260 e. The van der Waals surface area contributed by atoms with Crippen molar-refractivity contribution in [2.45, 2.75) is 51.1 Å². The molecular formula is C20H21ClF3N3. The predicted octanol–water partition coefficient (Wildman–Crippen LogP) is 6.64. The predicted molar refractivity (Wildman–Crippen MR) is 102 cm³/mol. The van der Waals surface area contributed by atoms with E-state index in [0.717, 1.165) is 17.8 Å². The Morgan fingerprint density at radius 3 is 2.41 bits per heavy atom. The molecule has 144 valence electrons. The van der Waals surface area contributed by atoms with E-state index in [9.17, 15) is 13.2 Å². The number of hydrazone groups is 1. The lowest BCUT2D eigenvalue weighted by Gasteiger charge is -2.22. The van der Waals surface area contributed by atoms with Crippen molar-refractivity contribution in [3.8, 4) is 0 Å². The third-order valence-corrected chi connectivity index (χ3v) is 5.19. The first-order chi connectivity index (χ1) is 12.8. The van der Waals surface area contributed by atoms with Crippen LogP contribution in [0.25, 0.3) is 0 Å². The first-order valence-corrected chi connectivity index (χ1v) is 9.36. The van der Waals surface area contributed by atoms with Gasteiger partial charge >= 0.3 is 6.18 Å². The largest absolute Gasteiger partial charge is 0.417 e. The van der Waals surface area contributed by atoms with Crippen LogP contribution in [0.4, 0.5) is 19.0 Å². The van der Waals surface area contributed by atoms with Gasteiger partial charge in [-0.25, -0.2) is 4.98 Å². The first-order valence-electron chi connectivity index (χ1n) is 8.98. The van der Waals surface area contributed by atoms with E-state index in [1.807, 2.05) is 19.1 Å². The Morgan fingerprint density at radius 2 is 1.81 bits per heavy atom. The van der Waals surface area contributed by atoms with Crippen molar-refractivity contribution in [2.75, 3.05) is 5.43 Å². The highest BCUT2D eigenvalue weighted by Gasteiger charge is 2.31. The van der Waals surface area contributed by atoms with E-state index in [1.54, 1.807) is 0 Å². The Bertz CT molecular complexity index is 810. The number of alkyl halides is 3. The summed E-state index contributed by atoms with van der Waals surface area (Å²) in [5, 5.41) is 4.07. The number of anilines is 1. The lowest BCUT2D eigenvalue weighted by atomic mass is 9.84. The van der Waals surface area contributed by atoms with Crippen LogP contribution in [0.3, 0.4) is 0 Å². The number of halogens is 4. The molecule has 0 atom stereocenters. The highest BCUT2D eigenvalue weighted by atomic mass is 35.5. The molecule has 0 spiro atoms. The van der Waals surface area contributed by atoms with Crippen LogP contribution in [0.1, 0.15) is 61.6 Å². The molecule has 7 heteroatoms. The Hall–Kier alpha value is -2.08. The summed E-state index contributed by atoms with van der Waals surface area (Å²) in [7, 11) is 0. The molecule has 1 saturated carbocycles. The van der Waals surface area contributed by atoms with Crippen molar-refractivity contribution >= 4 is 23.1 Å². The fourth-order valence-corrected chi connectivity index (χ4v) is 3.52. The van der Waals surface area contributed by atoms with Gasteiger partial charge in [-0.1, -0.05) is 55.1 Å². The van der Waals surface area contributed by atoms with Gasteiger partial charge in [0.15, 0.2) is 5.82 Å². The second-order valence-electron chi connectivity index (χ2n) is 6.82. The van der Waals surface area contributed by atoms with Gasteiger partial charge in [0.1, 0.15) is 0 Å². The molecule has 0 aliphatic heterocycles. The highest BCUT2D eigenvalue weighted by Crippen LogP contribution is 2.33. The van der Waals surface area contributed by atoms with Gasteiger partial charge in [0.25, 0.3) is 0 Å². The van der Waals surface area contributed by atoms with Gasteiger partial charge in [0.05, 0.1) is 16.3 Å². The van der Waals surface area contributed by atoms with E-state index in [1.165, 1.54) is 37.7 Å². The maximum atomic E-state index is 12.7. The van der Waals surface area contributed by atoms with Crippen molar-refractivity contribution in [2.24, 2.45) is 5.10 Å². The third-order valence-electron chi connectivity index (χ3n) is 4.90. The van der Waals surface area contributed by atoms with Crippen molar-refractivity contribution in [3.63, 3.8) is 0 Å². The molecule has 3 rings (SSSR count). The average molecular weight is 396 g/mol. The summed E-state index contributed by atoms with van der Waals surface area (Å²) >= 11 is 5.88. The van der Waals surface area contributed by atoms with Crippen LogP contribution in [0.15, 0.2) is 41.6 Å². The van der Waals surface area contributed by atoms with Crippen LogP contribution in [0.2, 0.25) is 5.02 Å². The molecule has 1 aromatic carbocycles. The highest BCUT2D eigenvalue weighted by molar-refractivity contribution is 6.33. The van der Waals surface area contributed by atoms with Gasteiger partial charge in [-0.2, -0.15) is 18.3 Å². The van der Waals surface area contributed by atoms with Crippen LogP contribution in [-0.2, 0) is 6.18 Å². The van der Waals surface area contributed by atoms with Crippen molar-refractivity contribution in [1.29, 1.82) is 0 Å². The normalized spacial score (nSPS) is 16.4. The lowest BCUT2D eigenvalue weighted by molar-refractivity contribution is -0.137. The van der Waals surface area contributed by atoms with Crippen LogP contribution in [-0.4, -0.2) is 10.7 Å². The molecule has 3 nitrogen and oxygen atoms in total. The molecule has 1 heterocycles. The molecule has 0 radical (unpaired) electrons. The summed E-state index contributed by atoms with van der Waals surface area (Å²) < 4.78 is 38.0. The van der Waals surface area contributed by atoms with Gasteiger partial charge in [-0.3, -0.25) is 5.43 Å². The summed E-state index contributed by atoms with van der Waals surface area (Å²) in [5.41, 5.74) is 4.74. The van der Waals surface area contributed by atoms with E-state index in [4.69, 9.17) is 11.6 Å². The number of nitrogens with one attached hydrogen (secondary N) is 1. The van der Waals surface area contributed by atoms with Gasteiger partial charge in [0, 0.05) is 6.20 Å². The quantitative estimate of drug-likeness (QED) is 0.465. The van der Waals surface area contributed by atoms with Gasteiger partial charge in [0.2, 0.25) is 0 Å². The molecule has 0 bridgehead atoms. The summed E-state index contributed by atoms with van der Waals surface area (Å²) in [6, 6.07) is 9.14. The second kappa shape index (κ2) is 8.30. The topological polar surface area (TPSA) is 37.3 Å². The van der Waals surface area contributed by atoms with E-state index in [2.05, 4.69) is 27.6 Å². The summed E-state index contributed by atoms with van der Waals surface area (Å²) in [5.74, 6) is 0.723. The SMILES string of the molecule is C/C(=N/Nc1ncc(C(F)(F)F)cc1Cl)c1ccc(C2CCCCC2)cc1. The Balaban J connectivity index is 1.68. The number of rotatable bonds is 4. The third kappa shape index (κ3) is 5.01. The minimum Gasteiger partial charge on any atom is -0.260 e.